The zero-order chi connectivity index (χ0) is 10.1. The lowest BCUT2D eigenvalue weighted by molar-refractivity contribution is 0.615. The summed E-state index contributed by atoms with van der Waals surface area (Å²) in [7, 11) is 0. The van der Waals surface area contributed by atoms with E-state index in [-0.39, 0.29) is 5.82 Å². The van der Waals surface area contributed by atoms with Gasteiger partial charge in [-0.25, -0.2) is 4.39 Å². The predicted octanol–water partition coefficient (Wildman–Crippen LogP) is 3.47. The molecule has 70 valence electrons. The van der Waals surface area contributed by atoms with E-state index in [0.29, 0.717) is 17.5 Å². The monoisotopic (exact) mass is 205 g/mol. The number of halogens is 1. The van der Waals surface area contributed by atoms with Gasteiger partial charge in [-0.05, 0) is 34.9 Å². The zero-order valence-corrected chi connectivity index (χ0v) is 8.49. The van der Waals surface area contributed by atoms with E-state index in [9.17, 15) is 4.39 Å². The lowest BCUT2D eigenvalue weighted by Crippen LogP contribution is -1.90. The third-order valence-corrected chi connectivity index (χ3v) is 3.22. The summed E-state index contributed by atoms with van der Waals surface area (Å²) < 4.78 is 14.4. The Morgan fingerprint density at radius 1 is 1.57 bits per heavy atom. The van der Waals surface area contributed by atoms with Crippen molar-refractivity contribution >= 4 is 21.4 Å². The van der Waals surface area contributed by atoms with Crippen molar-refractivity contribution in [3.05, 3.63) is 34.5 Å². The average Bonchev–Trinajstić information content (AvgIpc) is 2.65. The van der Waals surface area contributed by atoms with Crippen molar-refractivity contribution < 1.29 is 4.39 Å². The minimum atomic E-state index is -0.269. The third-order valence-electron chi connectivity index (χ3n) is 2.27. The van der Waals surface area contributed by atoms with Crippen LogP contribution in [0.1, 0.15) is 18.1 Å². The SMILES string of the molecule is CCc1c(F)cc(C#N)c2sccc12. The summed E-state index contributed by atoms with van der Waals surface area (Å²) in [6, 6.07) is 5.23. The van der Waals surface area contributed by atoms with Crippen molar-refractivity contribution in [2.75, 3.05) is 0 Å². The second-order valence-electron chi connectivity index (χ2n) is 3.01. The van der Waals surface area contributed by atoms with Crippen LogP contribution in [0.25, 0.3) is 10.1 Å². The van der Waals surface area contributed by atoms with E-state index in [1.807, 2.05) is 24.4 Å². The molecule has 1 nitrogen and oxygen atoms in total. The average molecular weight is 205 g/mol. The van der Waals surface area contributed by atoms with Crippen LogP contribution in [0.3, 0.4) is 0 Å². The number of hydrogen-bond acceptors (Lipinski definition) is 2. The van der Waals surface area contributed by atoms with Crippen molar-refractivity contribution in [2.24, 2.45) is 0 Å². The third kappa shape index (κ3) is 1.19. The number of nitriles is 1. The summed E-state index contributed by atoms with van der Waals surface area (Å²) in [4.78, 5) is 0. The topological polar surface area (TPSA) is 23.8 Å². The van der Waals surface area contributed by atoms with Crippen LogP contribution in [-0.4, -0.2) is 0 Å². The van der Waals surface area contributed by atoms with Gasteiger partial charge in [-0.3, -0.25) is 0 Å². The maximum atomic E-state index is 13.5. The van der Waals surface area contributed by atoms with Gasteiger partial charge >= 0.3 is 0 Å². The Balaban J connectivity index is 2.90. The van der Waals surface area contributed by atoms with Gasteiger partial charge < -0.3 is 0 Å². The highest BCUT2D eigenvalue weighted by atomic mass is 32.1. The van der Waals surface area contributed by atoms with Crippen LogP contribution in [0.2, 0.25) is 0 Å². The van der Waals surface area contributed by atoms with Gasteiger partial charge in [0, 0.05) is 0 Å². The summed E-state index contributed by atoms with van der Waals surface area (Å²) >= 11 is 1.49. The Kier molecular flexibility index (Phi) is 2.22. The molecule has 0 atom stereocenters. The largest absolute Gasteiger partial charge is 0.207 e. The minimum absolute atomic E-state index is 0.269. The molecular formula is C11H8FNS. The van der Waals surface area contributed by atoms with Gasteiger partial charge in [0.05, 0.1) is 10.3 Å². The van der Waals surface area contributed by atoms with Crippen LogP contribution < -0.4 is 0 Å². The maximum absolute atomic E-state index is 13.5. The number of fused-ring (bicyclic) bond motifs is 1. The van der Waals surface area contributed by atoms with Gasteiger partial charge in [0.1, 0.15) is 11.9 Å². The molecule has 0 aliphatic rings. The molecule has 0 aliphatic heterocycles. The standard InChI is InChI=1S/C11H8FNS/c1-2-8-9-3-4-14-11(9)7(6-13)5-10(8)12/h3-5H,2H2,1H3. The molecule has 14 heavy (non-hydrogen) atoms. The number of hydrogen-bond donors (Lipinski definition) is 0. The van der Waals surface area contributed by atoms with Crippen molar-refractivity contribution in [2.45, 2.75) is 13.3 Å². The van der Waals surface area contributed by atoms with E-state index in [2.05, 4.69) is 0 Å². The first-order valence-electron chi connectivity index (χ1n) is 4.36. The Morgan fingerprint density at radius 2 is 2.36 bits per heavy atom. The molecule has 0 N–H and O–H groups in total. The van der Waals surface area contributed by atoms with Gasteiger partial charge in [-0.2, -0.15) is 5.26 Å². The molecule has 1 heterocycles. The molecule has 0 saturated heterocycles. The molecule has 1 aromatic heterocycles. The normalized spacial score (nSPS) is 10.4. The predicted molar refractivity (Wildman–Crippen MR) is 55.9 cm³/mol. The summed E-state index contributed by atoms with van der Waals surface area (Å²) in [6.45, 7) is 1.92. The Labute approximate surface area is 85.4 Å². The van der Waals surface area contributed by atoms with Crippen molar-refractivity contribution in [1.82, 2.24) is 0 Å². The van der Waals surface area contributed by atoms with E-state index in [1.54, 1.807) is 0 Å². The highest BCUT2D eigenvalue weighted by Gasteiger charge is 2.11. The Hall–Kier alpha value is -1.40. The lowest BCUT2D eigenvalue weighted by atomic mass is 10.0. The van der Waals surface area contributed by atoms with Crippen molar-refractivity contribution in [1.29, 1.82) is 5.26 Å². The van der Waals surface area contributed by atoms with Crippen LogP contribution in [0, 0.1) is 17.1 Å². The molecule has 0 spiro atoms. The summed E-state index contributed by atoms with van der Waals surface area (Å²) in [6.07, 6.45) is 0.658. The molecule has 0 aliphatic carbocycles. The fraction of sp³-hybridized carbons (Fsp3) is 0.182. The molecule has 3 heteroatoms. The molecule has 0 fully saturated rings. The Bertz CT molecular complexity index is 522. The quantitative estimate of drug-likeness (QED) is 0.699. The number of rotatable bonds is 1. The van der Waals surface area contributed by atoms with Crippen molar-refractivity contribution in [3.63, 3.8) is 0 Å². The molecule has 2 rings (SSSR count). The summed E-state index contributed by atoms with van der Waals surface area (Å²) in [5, 5.41) is 11.6. The molecule has 2 aromatic rings. The molecular weight excluding hydrogens is 197 g/mol. The number of thiophene rings is 1. The first kappa shape index (κ1) is 9.17. The number of nitrogens with zero attached hydrogens (tertiary/aromatic N) is 1. The van der Waals surface area contributed by atoms with E-state index in [4.69, 9.17) is 5.26 Å². The highest BCUT2D eigenvalue weighted by molar-refractivity contribution is 7.17. The molecule has 0 amide bonds. The van der Waals surface area contributed by atoms with Crippen LogP contribution in [-0.2, 0) is 6.42 Å². The Morgan fingerprint density at radius 3 is 3.00 bits per heavy atom. The van der Waals surface area contributed by atoms with E-state index in [0.717, 1.165) is 10.1 Å². The molecule has 0 unspecified atom stereocenters. The molecule has 1 aromatic carbocycles. The second kappa shape index (κ2) is 3.39. The van der Waals surface area contributed by atoms with Gasteiger partial charge in [0.25, 0.3) is 0 Å². The van der Waals surface area contributed by atoms with Gasteiger partial charge in [-0.15, -0.1) is 11.3 Å². The summed E-state index contributed by atoms with van der Waals surface area (Å²) in [5.41, 5.74) is 1.14. The van der Waals surface area contributed by atoms with E-state index < -0.39 is 0 Å². The molecule has 0 saturated carbocycles. The smallest absolute Gasteiger partial charge is 0.128 e. The fourth-order valence-electron chi connectivity index (χ4n) is 1.61. The lowest BCUT2D eigenvalue weighted by Gasteiger charge is -2.02. The minimum Gasteiger partial charge on any atom is -0.207 e. The molecule has 0 bridgehead atoms. The fourth-order valence-corrected chi connectivity index (χ4v) is 2.50. The van der Waals surface area contributed by atoms with Gasteiger partial charge in [0.15, 0.2) is 0 Å². The van der Waals surface area contributed by atoms with Crippen LogP contribution in [0.15, 0.2) is 17.5 Å². The van der Waals surface area contributed by atoms with E-state index >= 15 is 0 Å². The summed E-state index contributed by atoms with van der Waals surface area (Å²) in [5.74, 6) is -0.269. The van der Waals surface area contributed by atoms with Gasteiger partial charge in [-0.1, -0.05) is 6.92 Å². The van der Waals surface area contributed by atoms with Gasteiger partial charge in [0.2, 0.25) is 0 Å². The zero-order valence-electron chi connectivity index (χ0n) is 7.67. The van der Waals surface area contributed by atoms with E-state index in [1.165, 1.54) is 17.4 Å². The second-order valence-corrected chi connectivity index (χ2v) is 3.93. The first-order chi connectivity index (χ1) is 6.77. The first-order valence-corrected chi connectivity index (χ1v) is 5.24. The molecule has 0 radical (unpaired) electrons. The highest BCUT2D eigenvalue weighted by Crippen LogP contribution is 2.30. The van der Waals surface area contributed by atoms with Crippen molar-refractivity contribution in [3.8, 4) is 6.07 Å². The number of benzene rings is 1. The van der Waals surface area contributed by atoms with Crippen LogP contribution >= 0.6 is 11.3 Å². The van der Waals surface area contributed by atoms with Crippen LogP contribution in [0.4, 0.5) is 4.39 Å². The maximum Gasteiger partial charge on any atom is 0.128 e. The number of aryl methyl sites for hydroxylation is 1. The van der Waals surface area contributed by atoms with Crippen LogP contribution in [0.5, 0.6) is 0 Å².